The Hall–Kier alpha value is -2.22. The molecule has 102 valence electrons. The molecule has 0 amide bonds. The van der Waals surface area contributed by atoms with E-state index in [-0.39, 0.29) is 0 Å². The Labute approximate surface area is 119 Å². The van der Waals surface area contributed by atoms with Crippen molar-refractivity contribution in [1.82, 2.24) is 4.57 Å². The van der Waals surface area contributed by atoms with Crippen LogP contribution in [0.2, 0.25) is 0 Å². The van der Waals surface area contributed by atoms with Gasteiger partial charge in [-0.2, -0.15) is 0 Å². The third-order valence-corrected chi connectivity index (χ3v) is 3.67. The van der Waals surface area contributed by atoms with Gasteiger partial charge in [0.05, 0.1) is 6.54 Å². The highest BCUT2D eigenvalue weighted by molar-refractivity contribution is 5.79. The van der Waals surface area contributed by atoms with Crippen molar-refractivity contribution in [3.8, 4) is 5.75 Å². The Morgan fingerprint density at radius 1 is 0.900 bits per heavy atom. The fourth-order valence-electron chi connectivity index (χ4n) is 2.61. The number of nitrogens with zero attached hydrogens (tertiary/aromatic N) is 1. The van der Waals surface area contributed by atoms with Crippen molar-refractivity contribution >= 4 is 10.9 Å². The van der Waals surface area contributed by atoms with Crippen LogP contribution in [-0.2, 0) is 6.54 Å². The van der Waals surface area contributed by atoms with E-state index in [1.807, 2.05) is 0 Å². The molecule has 1 aromatic heterocycles. The second-order valence-corrected chi connectivity index (χ2v) is 5.14. The maximum Gasteiger partial charge on any atom is 0.125 e. The van der Waals surface area contributed by atoms with Gasteiger partial charge in [-0.3, -0.25) is 0 Å². The van der Waals surface area contributed by atoms with E-state index in [4.69, 9.17) is 4.74 Å². The highest BCUT2D eigenvalue weighted by atomic mass is 16.5. The Bertz CT molecular complexity index is 707. The van der Waals surface area contributed by atoms with Gasteiger partial charge in [-0.1, -0.05) is 36.4 Å². The Morgan fingerprint density at radius 2 is 1.65 bits per heavy atom. The lowest BCUT2D eigenvalue weighted by atomic mass is 10.1. The van der Waals surface area contributed by atoms with Crippen molar-refractivity contribution in [3.63, 3.8) is 0 Å². The highest BCUT2D eigenvalue weighted by Crippen LogP contribution is 2.22. The zero-order valence-electron chi connectivity index (χ0n) is 12.0. The highest BCUT2D eigenvalue weighted by Gasteiger charge is 2.04. The minimum absolute atomic E-state index is 0.685. The summed E-state index contributed by atoms with van der Waals surface area (Å²) in [4.78, 5) is 0. The van der Waals surface area contributed by atoms with E-state index in [0.717, 1.165) is 12.3 Å². The van der Waals surface area contributed by atoms with Gasteiger partial charge in [-0.25, -0.2) is 0 Å². The van der Waals surface area contributed by atoms with Crippen LogP contribution in [0.5, 0.6) is 5.75 Å². The summed E-state index contributed by atoms with van der Waals surface area (Å²) in [5.74, 6) is 1.02. The van der Waals surface area contributed by atoms with Crippen LogP contribution in [0.3, 0.4) is 0 Å². The number of fused-ring (bicyclic) bond motifs is 1. The number of rotatable bonds is 4. The third-order valence-electron chi connectivity index (χ3n) is 3.67. The van der Waals surface area contributed by atoms with Gasteiger partial charge in [0, 0.05) is 11.7 Å². The molecule has 0 unspecified atom stereocenters. The zero-order valence-corrected chi connectivity index (χ0v) is 12.0. The van der Waals surface area contributed by atoms with Crippen molar-refractivity contribution in [2.45, 2.75) is 20.4 Å². The standard InChI is InChI=1S/C18H19NO/c1-14-6-5-7-15(2)18(14)20-13-12-19-11-10-16-8-3-4-9-17(16)19/h3-11H,12-13H2,1-2H3. The monoisotopic (exact) mass is 265 g/mol. The fourth-order valence-corrected chi connectivity index (χ4v) is 2.61. The van der Waals surface area contributed by atoms with Crippen molar-refractivity contribution in [2.75, 3.05) is 6.61 Å². The average Bonchev–Trinajstić information content (AvgIpc) is 2.86. The topological polar surface area (TPSA) is 14.2 Å². The lowest BCUT2D eigenvalue weighted by Crippen LogP contribution is -2.08. The molecule has 0 aliphatic heterocycles. The van der Waals surface area contributed by atoms with E-state index >= 15 is 0 Å². The molecule has 0 saturated heterocycles. The summed E-state index contributed by atoms with van der Waals surface area (Å²) in [5.41, 5.74) is 3.65. The number of aryl methyl sites for hydroxylation is 2. The van der Waals surface area contributed by atoms with Crippen molar-refractivity contribution < 1.29 is 4.74 Å². The minimum atomic E-state index is 0.685. The van der Waals surface area contributed by atoms with Crippen LogP contribution in [0.1, 0.15) is 11.1 Å². The molecule has 2 aromatic carbocycles. The molecule has 1 heterocycles. The Kier molecular flexibility index (Phi) is 3.46. The van der Waals surface area contributed by atoms with Crippen LogP contribution in [0.4, 0.5) is 0 Å². The first-order chi connectivity index (χ1) is 9.75. The predicted molar refractivity (Wildman–Crippen MR) is 83.3 cm³/mol. The van der Waals surface area contributed by atoms with Crippen LogP contribution >= 0.6 is 0 Å². The zero-order chi connectivity index (χ0) is 13.9. The number of hydrogen-bond acceptors (Lipinski definition) is 1. The van der Waals surface area contributed by atoms with Gasteiger partial charge >= 0.3 is 0 Å². The smallest absolute Gasteiger partial charge is 0.125 e. The van der Waals surface area contributed by atoms with Gasteiger partial charge in [-0.15, -0.1) is 0 Å². The normalized spacial score (nSPS) is 10.9. The molecule has 2 heteroatoms. The fraction of sp³-hybridized carbons (Fsp3) is 0.222. The molecule has 20 heavy (non-hydrogen) atoms. The molecule has 0 aliphatic carbocycles. The number of aromatic nitrogens is 1. The van der Waals surface area contributed by atoms with E-state index in [9.17, 15) is 0 Å². The molecule has 2 nitrogen and oxygen atoms in total. The van der Waals surface area contributed by atoms with Gasteiger partial charge in [0.1, 0.15) is 12.4 Å². The molecular weight excluding hydrogens is 246 g/mol. The van der Waals surface area contributed by atoms with E-state index in [1.54, 1.807) is 0 Å². The van der Waals surface area contributed by atoms with Gasteiger partial charge in [0.25, 0.3) is 0 Å². The summed E-state index contributed by atoms with van der Waals surface area (Å²) in [5, 5.41) is 1.28. The number of benzene rings is 2. The van der Waals surface area contributed by atoms with Crippen molar-refractivity contribution in [3.05, 3.63) is 65.9 Å². The summed E-state index contributed by atoms with van der Waals surface area (Å²) in [7, 11) is 0. The predicted octanol–water partition coefficient (Wildman–Crippen LogP) is 4.34. The van der Waals surface area contributed by atoms with E-state index < -0.39 is 0 Å². The van der Waals surface area contributed by atoms with Gasteiger partial charge in [-0.05, 0) is 42.5 Å². The van der Waals surface area contributed by atoms with E-state index in [0.29, 0.717) is 6.61 Å². The molecule has 0 atom stereocenters. The molecule has 0 radical (unpaired) electrons. The molecular formula is C18H19NO. The van der Waals surface area contributed by atoms with Crippen LogP contribution < -0.4 is 4.74 Å². The quantitative estimate of drug-likeness (QED) is 0.684. The summed E-state index contributed by atoms with van der Waals surface area (Å²) >= 11 is 0. The van der Waals surface area contributed by atoms with E-state index in [1.165, 1.54) is 22.0 Å². The maximum atomic E-state index is 5.97. The maximum absolute atomic E-state index is 5.97. The lowest BCUT2D eigenvalue weighted by molar-refractivity contribution is 0.296. The van der Waals surface area contributed by atoms with Crippen molar-refractivity contribution in [1.29, 1.82) is 0 Å². The Morgan fingerprint density at radius 3 is 2.45 bits per heavy atom. The molecule has 3 aromatic rings. The first kappa shape index (κ1) is 12.8. The second-order valence-electron chi connectivity index (χ2n) is 5.14. The van der Waals surface area contributed by atoms with E-state index in [2.05, 4.69) is 73.1 Å². The number of hydrogen-bond donors (Lipinski definition) is 0. The molecule has 0 saturated carbocycles. The first-order valence-electron chi connectivity index (χ1n) is 6.98. The summed E-state index contributed by atoms with van der Waals surface area (Å²) in [6, 6.07) is 16.8. The van der Waals surface area contributed by atoms with Crippen LogP contribution in [-0.4, -0.2) is 11.2 Å². The summed E-state index contributed by atoms with van der Waals surface area (Å²) in [6.45, 7) is 5.73. The average molecular weight is 265 g/mol. The lowest BCUT2D eigenvalue weighted by Gasteiger charge is -2.12. The molecule has 3 rings (SSSR count). The second kappa shape index (κ2) is 5.41. The molecule has 0 aliphatic rings. The summed E-state index contributed by atoms with van der Waals surface area (Å²) < 4.78 is 8.21. The largest absolute Gasteiger partial charge is 0.491 e. The van der Waals surface area contributed by atoms with Crippen LogP contribution in [0, 0.1) is 13.8 Å². The first-order valence-corrected chi connectivity index (χ1v) is 6.98. The number of ether oxygens (including phenoxy) is 1. The minimum Gasteiger partial charge on any atom is -0.491 e. The molecule has 0 bridgehead atoms. The summed E-state index contributed by atoms with van der Waals surface area (Å²) in [6.07, 6.45) is 2.12. The SMILES string of the molecule is Cc1cccc(C)c1OCCn1ccc2ccccc21. The van der Waals surface area contributed by atoms with Crippen LogP contribution in [0.25, 0.3) is 10.9 Å². The van der Waals surface area contributed by atoms with Crippen LogP contribution in [0.15, 0.2) is 54.7 Å². The Balaban J connectivity index is 1.71. The van der Waals surface area contributed by atoms with Gasteiger partial charge < -0.3 is 9.30 Å². The molecule has 0 N–H and O–H groups in total. The third kappa shape index (κ3) is 2.42. The van der Waals surface area contributed by atoms with Crippen molar-refractivity contribution in [2.24, 2.45) is 0 Å². The number of para-hydroxylation sites is 2. The molecule has 0 fully saturated rings. The molecule has 0 spiro atoms. The van der Waals surface area contributed by atoms with Gasteiger partial charge in [0.2, 0.25) is 0 Å². The van der Waals surface area contributed by atoms with Gasteiger partial charge in [0.15, 0.2) is 0 Å².